The zero-order chi connectivity index (χ0) is 20.9. The summed E-state index contributed by atoms with van der Waals surface area (Å²) >= 11 is 0. The van der Waals surface area contributed by atoms with Crippen molar-refractivity contribution in [1.82, 2.24) is 0 Å². The van der Waals surface area contributed by atoms with Gasteiger partial charge < -0.3 is 0 Å². The summed E-state index contributed by atoms with van der Waals surface area (Å²) in [6.45, 7) is 0. The van der Waals surface area contributed by atoms with Crippen LogP contribution in [0.2, 0.25) is 0 Å². The maximum atomic E-state index is 2.44. The number of hydrogen-bond donors (Lipinski definition) is 0. The summed E-state index contributed by atoms with van der Waals surface area (Å²) in [5.41, 5.74) is 1.85. The number of rotatable bonds is 7. The van der Waals surface area contributed by atoms with Crippen molar-refractivity contribution in [1.29, 1.82) is 0 Å². The van der Waals surface area contributed by atoms with Crippen LogP contribution in [0.15, 0.2) is 91.0 Å². The third kappa shape index (κ3) is 5.31. The fourth-order valence-electron chi connectivity index (χ4n) is 5.40. The zero-order valence-corrected chi connectivity index (χ0v) is 21.0. The molecule has 3 heteroatoms. The smallest absolute Gasteiger partial charge is 0.0126 e. The molecule has 31 heavy (non-hydrogen) atoms. The number of hydrogen-bond acceptors (Lipinski definition) is 0. The second-order valence-corrected chi connectivity index (χ2v) is 16.5. The highest BCUT2D eigenvalue weighted by molar-refractivity contribution is 7.72. The Labute approximate surface area is 192 Å². The summed E-state index contributed by atoms with van der Waals surface area (Å²) < 4.78 is 0. The molecule has 2 aliphatic rings. The van der Waals surface area contributed by atoms with E-state index < -0.39 is 0 Å². The van der Waals surface area contributed by atoms with Crippen LogP contribution in [0.3, 0.4) is 0 Å². The van der Waals surface area contributed by atoms with Crippen LogP contribution in [0.1, 0.15) is 25.7 Å². The molecule has 2 aliphatic heterocycles. The molecule has 3 aromatic carbocycles. The highest BCUT2D eigenvalue weighted by atomic mass is 31.1. The molecule has 0 bridgehead atoms. The van der Waals surface area contributed by atoms with Gasteiger partial charge in [-0.2, -0.15) is 0 Å². The molecule has 0 N–H and O–H groups in total. The molecule has 2 heterocycles. The minimum atomic E-state index is -0.0794. The molecule has 0 spiro atoms. The molecule has 4 atom stereocenters. The summed E-state index contributed by atoms with van der Waals surface area (Å²) in [5, 5.41) is 4.95. The Hall–Kier alpha value is -1.05. The first-order valence-corrected chi connectivity index (χ1v) is 16.7. The van der Waals surface area contributed by atoms with Crippen molar-refractivity contribution in [3.05, 3.63) is 91.0 Å². The fourth-order valence-corrected chi connectivity index (χ4v) is 15.9. The highest BCUT2D eigenvalue weighted by Crippen LogP contribution is 2.57. The molecule has 2 saturated heterocycles. The Morgan fingerprint density at radius 2 is 1.00 bits per heavy atom. The van der Waals surface area contributed by atoms with Crippen molar-refractivity contribution < 1.29 is 0 Å². The maximum Gasteiger partial charge on any atom is -0.0126 e. The highest BCUT2D eigenvalue weighted by Gasteiger charge is 2.34. The van der Waals surface area contributed by atoms with Gasteiger partial charge in [-0.25, -0.2) is 0 Å². The molecule has 160 valence electrons. The SMILES string of the molecule is c1ccc(P(C[C@H]2CCC[P@]2c2ccccc2)C[C@H]2CCC[P@]2c2ccccc2)cc1. The first-order valence-electron chi connectivity index (χ1n) is 11.8. The van der Waals surface area contributed by atoms with Gasteiger partial charge in [-0.05, 0) is 77.6 Å². The predicted octanol–water partition coefficient (Wildman–Crippen LogP) is 6.73. The van der Waals surface area contributed by atoms with Gasteiger partial charge in [0.15, 0.2) is 0 Å². The molecule has 0 amide bonds. The van der Waals surface area contributed by atoms with Crippen molar-refractivity contribution in [2.24, 2.45) is 0 Å². The summed E-state index contributed by atoms with van der Waals surface area (Å²) in [7, 11) is -0.0350. The van der Waals surface area contributed by atoms with Crippen molar-refractivity contribution in [2.45, 2.75) is 37.0 Å². The molecule has 0 saturated carbocycles. The van der Waals surface area contributed by atoms with Gasteiger partial charge in [0.05, 0.1) is 0 Å². The van der Waals surface area contributed by atoms with E-state index >= 15 is 0 Å². The largest absolute Gasteiger partial charge is 0.0740 e. The standard InChI is InChI=1S/C28H33P3/c1-4-12-24(13-5-1)29(22-27-18-10-20-30(27)25-14-6-2-7-15-25)23-28-19-11-21-31(28)26-16-8-3-9-17-26/h1-9,12-17,27-28H,10-11,18-23H2/t27-,28-,30-,31-/m1/s1. The summed E-state index contributed by atoms with van der Waals surface area (Å²) in [6.07, 6.45) is 11.6. The second-order valence-electron chi connectivity index (χ2n) is 8.89. The van der Waals surface area contributed by atoms with Gasteiger partial charge in [0.25, 0.3) is 0 Å². The Kier molecular flexibility index (Phi) is 7.52. The van der Waals surface area contributed by atoms with Crippen molar-refractivity contribution in [3.63, 3.8) is 0 Å². The molecule has 5 rings (SSSR count). The number of benzene rings is 3. The Morgan fingerprint density at radius 1 is 0.581 bits per heavy atom. The van der Waals surface area contributed by atoms with Gasteiger partial charge in [-0.1, -0.05) is 115 Å². The van der Waals surface area contributed by atoms with Gasteiger partial charge in [-0.3, -0.25) is 0 Å². The molecule has 2 fully saturated rings. The molecular weight excluding hydrogens is 429 g/mol. The lowest BCUT2D eigenvalue weighted by Gasteiger charge is -2.30. The molecule has 0 aliphatic carbocycles. The van der Waals surface area contributed by atoms with E-state index in [9.17, 15) is 0 Å². The van der Waals surface area contributed by atoms with Crippen LogP contribution in [0.25, 0.3) is 0 Å². The monoisotopic (exact) mass is 462 g/mol. The normalized spacial score (nSPS) is 25.8. The Morgan fingerprint density at radius 3 is 1.45 bits per heavy atom. The molecule has 3 aromatic rings. The van der Waals surface area contributed by atoms with Gasteiger partial charge in [0, 0.05) is 0 Å². The summed E-state index contributed by atoms with van der Waals surface area (Å²) in [4.78, 5) is 0. The van der Waals surface area contributed by atoms with Crippen molar-refractivity contribution >= 4 is 39.7 Å². The molecule has 0 unspecified atom stereocenters. The predicted molar refractivity (Wildman–Crippen MR) is 144 cm³/mol. The lowest BCUT2D eigenvalue weighted by atomic mass is 10.3. The van der Waals surface area contributed by atoms with E-state index in [-0.39, 0.29) is 23.8 Å². The third-order valence-corrected chi connectivity index (χ3v) is 16.4. The van der Waals surface area contributed by atoms with E-state index in [0.29, 0.717) is 0 Å². The minimum Gasteiger partial charge on any atom is -0.0740 e. The van der Waals surface area contributed by atoms with Crippen LogP contribution in [0.4, 0.5) is 0 Å². The topological polar surface area (TPSA) is 0 Å². The van der Waals surface area contributed by atoms with E-state index in [1.54, 1.807) is 15.9 Å². The van der Waals surface area contributed by atoms with E-state index in [0.717, 1.165) is 11.3 Å². The van der Waals surface area contributed by atoms with E-state index in [2.05, 4.69) is 91.0 Å². The Bertz CT molecular complexity index is 869. The zero-order valence-electron chi connectivity index (χ0n) is 18.3. The molecule has 0 aromatic heterocycles. The van der Waals surface area contributed by atoms with Gasteiger partial charge in [-0.15, -0.1) is 0 Å². The van der Waals surface area contributed by atoms with E-state index in [4.69, 9.17) is 0 Å². The molecule has 0 radical (unpaired) electrons. The van der Waals surface area contributed by atoms with Crippen LogP contribution in [0.5, 0.6) is 0 Å². The van der Waals surface area contributed by atoms with Gasteiger partial charge in [0.1, 0.15) is 0 Å². The van der Waals surface area contributed by atoms with Crippen molar-refractivity contribution in [3.8, 4) is 0 Å². The van der Waals surface area contributed by atoms with Crippen LogP contribution < -0.4 is 15.9 Å². The van der Waals surface area contributed by atoms with Gasteiger partial charge in [0.2, 0.25) is 0 Å². The van der Waals surface area contributed by atoms with Crippen LogP contribution in [-0.4, -0.2) is 36.0 Å². The van der Waals surface area contributed by atoms with E-state index in [1.165, 1.54) is 50.3 Å². The first kappa shape index (κ1) is 21.8. The minimum absolute atomic E-state index is 0.0222. The van der Waals surface area contributed by atoms with Crippen LogP contribution in [0, 0.1) is 0 Å². The van der Waals surface area contributed by atoms with E-state index in [1.807, 2.05) is 0 Å². The lowest BCUT2D eigenvalue weighted by Crippen LogP contribution is -2.22. The first-order chi connectivity index (χ1) is 15.4. The summed E-state index contributed by atoms with van der Waals surface area (Å²) in [6, 6.07) is 34.6. The lowest BCUT2D eigenvalue weighted by molar-refractivity contribution is 0.827. The Balaban J connectivity index is 1.36. The van der Waals surface area contributed by atoms with Crippen LogP contribution in [-0.2, 0) is 0 Å². The van der Waals surface area contributed by atoms with Crippen LogP contribution >= 0.6 is 23.8 Å². The van der Waals surface area contributed by atoms with Crippen molar-refractivity contribution in [2.75, 3.05) is 24.6 Å². The second kappa shape index (κ2) is 10.7. The average Bonchev–Trinajstić information content (AvgIpc) is 3.50. The molecular formula is C28H33P3. The molecule has 0 nitrogen and oxygen atoms in total. The quantitative estimate of drug-likeness (QED) is 0.342. The fraction of sp³-hybridized carbons (Fsp3) is 0.357. The van der Waals surface area contributed by atoms with Gasteiger partial charge >= 0.3 is 0 Å². The average molecular weight is 462 g/mol. The maximum absolute atomic E-state index is 2.44. The third-order valence-electron chi connectivity index (χ3n) is 6.91. The summed E-state index contributed by atoms with van der Waals surface area (Å²) in [5.74, 6) is 0.